The van der Waals surface area contributed by atoms with E-state index in [0.29, 0.717) is 32.0 Å². The van der Waals surface area contributed by atoms with Crippen molar-refractivity contribution in [3.8, 4) is 0 Å². The van der Waals surface area contributed by atoms with Gasteiger partial charge >= 0.3 is 5.97 Å². The van der Waals surface area contributed by atoms with Crippen molar-refractivity contribution in [2.24, 2.45) is 5.41 Å². The van der Waals surface area contributed by atoms with Gasteiger partial charge in [0.25, 0.3) is 0 Å². The number of hydrogen-bond acceptors (Lipinski definition) is 6. The van der Waals surface area contributed by atoms with E-state index in [9.17, 15) is 4.79 Å². The van der Waals surface area contributed by atoms with E-state index in [-0.39, 0.29) is 11.4 Å². The van der Waals surface area contributed by atoms with Gasteiger partial charge in [-0.25, -0.2) is 0 Å². The molecule has 0 unspecified atom stereocenters. The minimum absolute atomic E-state index is 0.115. The third-order valence-corrected chi connectivity index (χ3v) is 8.72. The maximum Gasteiger partial charge on any atom is 0.306 e. The van der Waals surface area contributed by atoms with Gasteiger partial charge in [-0.3, -0.25) is 4.79 Å². The summed E-state index contributed by atoms with van der Waals surface area (Å²) in [5, 5.41) is 0. The van der Waals surface area contributed by atoms with E-state index in [0.717, 1.165) is 12.8 Å². The van der Waals surface area contributed by atoms with E-state index in [4.69, 9.17) is 25.6 Å². The highest BCUT2D eigenvalue weighted by Crippen LogP contribution is 2.65. The zero-order chi connectivity index (χ0) is 14.4. The minimum atomic E-state index is -2.25. The first-order valence-corrected chi connectivity index (χ1v) is 10.9. The first-order chi connectivity index (χ1) is 8.99. The van der Waals surface area contributed by atoms with Crippen molar-refractivity contribution in [2.45, 2.75) is 40.0 Å². The fraction of sp³-hybridized carbons (Fsp3) is 0.917. The Morgan fingerprint density at radius 2 is 1.89 bits per heavy atom. The molecule has 0 aliphatic carbocycles. The summed E-state index contributed by atoms with van der Waals surface area (Å²) >= 11 is 6.90. The van der Waals surface area contributed by atoms with Gasteiger partial charge < -0.3 is 13.8 Å². The van der Waals surface area contributed by atoms with Crippen LogP contribution in [0.25, 0.3) is 0 Å². The average Bonchev–Trinajstić information content (AvgIpc) is 2.41. The molecule has 0 aromatic rings. The summed E-state index contributed by atoms with van der Waals surface area (Å²) in [6.45, 7) is 7.86. The molecule has 1 saturated heterocycles. The van der Waals surface area contributed by atoms with Crippen LogP contribution in [0.15, 0.2) is 0 Å². The smallest absolute Gasteiger partial charge is 0.306 e. The summed E-state index contributed by atoms with van der Waals surface area (Å²) in [6, 6.07) is 0. The van der Waals surface area contributed by atoms with Gasteiger partial charge in [-0.1, -0.05) is 25.2 Å². The molecule has 1 fully saturated rings. The molecule has 0 atom stereocenters. The van der Waals surface area contributed by atoms with Crippen LogP contribution in [-0.2, 0) is 30.4 Å². The summed E-state index contributed by atoms with van der Waals surface area (Å²) in [6.07, 6.45) is 2.43. The van der Waals surface area contributed by atoms with Gasteiger partial charge in [0.1, 0.15) is 0 Å². The summed E-state index contributed by atoms with van der Waals surface area (Å²) in [4.78, 5) is 11.2. The zero-order valence-corrected chi connectivity index (χ0v) is 14.4. The number of rotatable bonds is 7. The number of ether oxygens (including phenoxy) is 1. The number of carbonyl (C=O) groups is 1. The third-order valence-electron chi connectivity index (χ3n) is 3.42. The largest absolute Gasteiger partial charge is 0.466 e. The van der Waals surface area contributed by atoms with Crippen molar-refractivity contribution in [1.82, 2.24) is 0 Å². The van der Waals surface area contributed by atoms with Crippen molar-refractivity contribution >= 4 is 34.9 Å². The summed E-state index contributed by atoms with van der Waals surface area (Å²) < 4.78 is 16.5. The Labute approximate surface area is 124 Å². The SMILES string of the molecule is CCOC(=O)CCSP1(=S)OCC(CC)(CC)CO1. The summed E-state index contributed by atoms with van der Waals surface area (Å²) in [5.41, 5.74) is -2.14. The number of hydrogen-bond donors (Lipinski definition) is 0. The van der Waals surface area contributed by atoms with Crippen LogP contribution in [0.3, 0.4) is 0 Å². The van der Waals surface area contributed by atoms with E-state index in [2.05, 4.69) is 13.8 Å². The Balaban J connectivity index is 2.36. The Kier molecular flexibility index (Phi) is 7.33. The average molecular weight is 326 g/mol. The second-order valence-corrected chi connectivity index (χ2v) is 11.0. The van der Waals surface area contributed by atoms with Gasteiger partial charge in [-0.15, -0.1) is 0 Å². The lowest BCUT2D eigenvalue weighted by atomic mass is 9.84. The first-order valence-electron chi connectivity index (χ1n) is 6.68. The molecule has 0 radical (unpaired) electrons. The lowest BCUT2D eigenvalue weighted by molar-refractivity contribution is -0.142. The van der Waals surface area contributed by atoms with E-state index in [1.54, 1.807) is 6.92 Å². The molecule has 0 spiro atoms. The van der Waals surface area contributed by atoms with Crippen molar-refractivity contribution in [2.75, 3.05) is 25.6 Å². The molecule has 0 saturated carbocycles. The fourth-order valence-corrected chi connectivity index (χ4v) is 5.98. The van der Waals surface area contributed by atoms with Crippen LogP contribution < -0.4 is 0 Å². The highest BCUT2D eigenvalue weighted by Gasteiger charge is 2.37. The van der Waals surface area contributed by atoms with Gasteiger partial charge in [0.2, 0.25) is 5.69 Å². The molecule has 1 aliphatic heterocycles. The van der Waals surface area contributed by atoms with E-state index in [1.165, 1.54) is 11.4 Å². The Morgan fingerprint density at radius 1 is 1.32 bits per heavy atom. The van der Waals surface area contributed by atoms with Crippen molar-refractivity contribution in [3.63, 3.8) is 0 Å². The van der Waals surface area contributed by atoms with E-state index >= 15 is 0 Å². The van der Waals surface area contributed by atoms with Gasteiger partial charge in [0.15, 0.2) is 0 Å². The van der Waals surface area contributed by atoms with Gasteiger partial charge in [-0.2, -0.15) is 0 Å². The lowest BCUT2D eigenvalue weighted by Crippen LogP contribution is -2.33. The second kappa shape index (κ2) is 7.99. The molecular formula is C12H23O4PS2. The Morgan fingerprint density at radius 3 is 2.37 bits per heavy atom. The van der Waals surface area contributed by atoms with Crippen LogP contribution in [0, 0.1) is 5.41 Å². The van der Waals surface area contributed by atoms with E-state index in [1.807, 2.05) is 0 Å². The van der Waals surface area contributed by atoms with E-state index < -0.39 is 5.69 Å². The fourth-order valence-electron chi connectivity index (χ4n) is 1.72. The van der Waals surface area contributed by atoms with Gasteiger partial charge in [0.05, 0.1) is 26.2 Å². The van der Waals surface area contributed by atoms with Gasteiger partial charge in [0, 0.05) is 11.2 Å². The van der Waals surface area contributed by atoms with Crippen LogP contribution in [-0.4, -0.2) is 31.5 Å². The Hall–Kier alpha value is 0.390. The molecule has 0 amide bonds. The van der Waals surface area contributed by atoms with Crippen LogP contribution in [0.4, 0.5) is 0 Å². The lowest BCUT2D eigenvalue weighted by Gasteiger charge is -2.39. The van der Waals surface area contributed by atoms with Crippen molar-refractivity contribution < 1.29 is 18.6 Å². The van der Waals surface area contributed by atoms with Crippen LogP contribution in [0.5, 0.6) is 0 Å². The monoisotopic (exact) mass is 326 g/mol. The number of esters is 1. The molecule has 19 heavy (non-hydrogen) atoms. The molecule has 0 bridgehead atoms. The molecule has 112 valence electrons. The third kappa shape index (κ3) is 5.35. The standard InChI is InChI=1S/C12H23O4PS2/c1-4-12(5-2)9-15-17(18,16-10-12)19-8-7-11(13)14-6-3/h4-10H2,1-3H3. The normalized spacial score (nSPS) is 21.0. The van der Waals surface area contributed by atoms with Crippen LogP contribution in [0.1, 0.15) is 40.0 Å². The Bertz CT molecular complexity index is 331. The van der Waals surface area contributed by atoms with Crippen LogP contribution in [0.2, 0.25) is 0 Å². The topological polar surface area (TPSA) is 44.8 Å². The highest BCUT2D eigenvalue weighted by atomic mass is 32.9. The molecule has 1 heterocycles. The molecule has 1 rings (SSSR count). The molecular weight excluding hydrogens is 303 g/mol. The summed E-state index contributed by atoms with van der Waals surface area (Å²) in [5.74, 6) is 0.409. The molecule has 0 N–H and O–H groups in total. The predicted octanol–water partition coefficient (Wildman–Crippen LogP) is 3.75. The molecule has 1 aliphatic rings. The van der Waals surface area contributed by atoms with Gasteiger partial charge in [-0.05, 0) is 31.6 Å². The zero-order valence-electron chi connectivity index (χ0n) is 11.8. The quantitative estimate of drug-likeness (QED) is 0.524. The molecule has 0 aromatic heterocycles. The minimum Gasteiger partial charge on any atom is -0.466 e. The molecule has 7 heteroatoms. The summed E-state index contributed by atoms with van der Waals surface area (Å²) in [7, 11) is 0. The maximum atomic E-state index is 11.2. The maximum absolute atomic E-state index is 11.2. The highest BCUT2D eigenvalue weighted by molar-refractivity contribution is 8.67. The molecule has 4 nitrogen and oxygen atoms in total. The van der Waals surface area contributed by atoms with Crippen LogP contribution >= 0.6 is 17.1 Å². The molecule has 0 aromatic carbocycles. The van der Waals surface area contributed by atoms with Crippen molar-refractivity contribution in [1.29, 1.82) is 0 Å². The van der Waals surface area contributed by atoms with Crippen molar-refractivity contribution in [3.05, 3.63) is 0 Å². The number of carbonyl (C=O) groups excluding carboxylic acids is 1. The second-order valence-electron chi connectivity index (χ2n) is 4.59. The predicted molar refractivity (Wildman–Crippen MR) is 82.9 cm³/mol. The first kappa shape index (κ1) is 17.4.